The number of aromatic nitrogens is 3. The zero-order chi connectivity index (χ0) is 22.4. The van der Waals surface area contributed by atoms with E-state index in [-0.39, 0.29) is 12.4 Å². The SMILES string of the molecule is OCCn1cc(-c2c(C3CCOCC3)n(-c3ccc(F)cc3)c3cc4c(cc23)CN=C4)cn1. The molecule has 0 aliphatic carbocycles. The van der Waals surface area contributed by atoms with Gasteiger partial charge < -0.3 is 14.4 Å². The van der Waals surface area contributed by atoms with Crippen LogP contribution in [0.3, 0.4) is 0 Å². The average Bonchev–Trinajstić information content (AvgIpc) is 3.56. The van der Waals surface area contributed by atoms with Crippen LogP contribution < -0.4 is 0 Å². The molecule has 7 heteroatoms. The first-order valence-corrected chi connectivity index (χ1v) is 11.4. The molecule has 0 radical (unpaired) electrons. The van der Waals surface area contributed by atoms with Gasteiger partial charge in [-0.2, -0.15) is 5.10 Å². The molecule has 4 aromatic rings. The highest BCUT2D eigenvalue weighted by atomic mass is 19.1. The van der Waals surface area contributed by atoms with Crippen LogP contribution in [0.2, 0.25) is 0 Å². The second-order valence-corrected chi connectivity index (χ2v) is 8.71. The van der Waals surface area contributed by atoms with Crippen molar-refractivity contribution in [1.29, 1.82) is 0 Å². The molecule has 1 saturated heterocycles. The molecule has 6 nitrogen and oxygen atoms in total. The number of hydrogen-bond acceptors (Lipinski definition) is 4. The van der Waals surface area contributed by atoms with Gasteiger partial charge in [0.1, 0.15) is 5.82 Å². The number of aliphatic hydroxyl groups is 1. The van der Waals surface area contributed by atoms with E-state index in [4.69, 9.17) is 4.74 Å². The van der Waals surface area contributed by atoms with E-state index in [9.17, 15) is 9.50 Å². The van der Waals surface area contributed by atoms with E-state index in [1.54, 1.807) is 4.68 Å². The number of fused-ring (bicyclic) bond motifs is 2. The van der Waals surface area contributed by atoms with Crippen molar-refractivity contribution in [2.45, 2.75) is 31.8 Å². The zero-order valence-electron chi connectivity index (χ0n) is 18.2. The molecule has 0 bridgehead atoms. The van der Waals surface area contributed by atoms with Gasteiger partial charge in [0.25, 0.3) is 0 Å². The second-order valence-electron chi connectivity index (χ2n) is 8.71. The van der Waals surface area contributed by atoms with Crippen molar-refractivity contribution in [1.82, 2.24) is 14.3 Å². The Bertz CT molecular complexity index is 1350. The topological polar surface area (TPSA) is 64.6 Å². The van der Waals surface area contributed by atoms with Crippen molar-refractivity contribution < 1.29 is 14.2 Å². The van der Waals surface area contributed by atoms with Crippen LogP contribution in [0.15, 0.2) is 53.8 Å². The monoisotopic (exact) mass is 444 g/mol. The summed E-state index contributed by atoms with van der Waals surface area (Å²) in [5.74, 6) is 0.0530. The Morgan fingerprint density at radius 2 is 1.94 bits per heavy atom. The van der Waals surface area contributed by atoms with Crippen LogP contribution in [0, 0.1) is 5.82 Å². The smallest absolute Gasteiger partial charge is 0.123 e. The molecule has 0 saturated carbocycles. The van der Waals surface area contributed by atoms with Crippen LogP contribution in [0.5, 0.6) is 0 Å². The molecule has 2 aromatic carbocycles. The number of aliphatic imine (C=N–C) groups is 1. The van der Waals surface area contributed by atoms with Gasteiger partial charge in [0, 0.05) is 59.4 Å². The molecule has 0 spiro atoms. The molecule has 168 valence electrons. The Morgan fingerprint density at radius 3 is 2.73 bits per heavy atom. The van der Waals surface area contributed by atoms with Gasteiger partial charge in [0.15, 0.2) is 0 Å². The summed E-state index contributed by atoms with van der Waals surface area (Å²) in [6.07, 6.45) is 7.68. The summed E-state index contributed by atoms with van der Waals surface area (Å²) in [5, 5.41) is 15.0. The maximum atomic E-state index is 13.8. The number of nitrogens with zero attached hydrogens (tertiary/aromatic N) is 4. The third-order valence-electron chi connectivity index (χ3n) is 6.70. The second kappa shape index (κ2) is 8.24. The van der Waals surface area contributed by atoms with Crippen molar-refractivity contribution in [3.05, 3.63) is 71.4 Å². The average molecular weight is 445 g/mol. The van der Waals surface area contributed by atoms with Crippen LogP contribution in [0.4, 0.5) is 4.39 Å². The van der Waals surface area contributed by atoms with E-state index in [0.717, 1.165) is 59.3 Å². The highest BCUT2D eigenvalue weighted by Crippen LogP contribution is 2.44. The van der Waals surface area contributed by atoms with Crippen LogP contribution >= 0.6 is 0 Å². The minimum absolute atomic E-state index is 0.0378. The third kappa shape index (κ3) is 3.48. The third-order valence-corrected chi connectivity index (χ3v) is 6.70. The summed E-state index contributed by atoms with van der Waals surface area (Å²) in [6.45, 7) is 2.62. The lowest BCUT2D eigenvalue weighted by molar-refractivity contribution is 0.0843. The van der Waals surface area contributed by atoms with Crippen molar-refractivity contribution >= 4 is 17.1 Å². The minimum atomic E-state index is -0.249. The quantitative estimate of drug-likeness (QED) is 0.495. The van der Waals surface area contributed by atoms with Gasteiger partial charge in [-0.1, -0.05) is 0 Å². The Labute approximate surface area is 190 Å². The Kier molecular flexibility index (Phi) is 5.08. The van der Waals surface area contributed by atoms with Crippen LogP contribution in [-0.2, 0) is 17.8 Å². The summed E-state index contributed by atoms with van der Waals surface area (Å²) in [4.78, 5) is 4.47. The fraction of sp³-hybridized carbons (Fsp3) is 0.308. The molecular weight excluding hydrogens is 419 g/mol. The van der Waals surface area contributed by atoms with E-state index < -0.39 is 0 Å². The molecule has 4 heterocycles. The molecule has 1 fully saturated rings. The predicted octanol–water partition coefficient (Wildman–Crippen LogP) is 4.45. The fourth-order valence-corrected chi connectivity index (χ4v) is 5.16. The molecular formula is C26H25FN4O2. The largest absolute Gasteiger partial charge is 0.394 e. The lowest BCUT2D eigenvalue weighted by Crippen LogP contribution is -2.17. The number of hydrogen-bond donors (Lipinski definition) is 1. The van der Waals surface area contributed by atoms with E-state index in [1.165, 1.54) is 23.4 Å². The number of ether oxygens (including phenoxy) is 1. The van der Waals surface area contributed by atoms with Gasteiger partial charge >= 0.3 is 0 Å². The normalized spacial score (nSPS) is 16.1. The summed E-state index contributed by atoms with van der Waals surface area (Å²) in [7, 11) is 0. The molecule has 0 unspecified atom stereocenters. The maximum absolute atomic E-state index is 13.8. The lowest BCUT2D eigenvalue weighted by Gasteiger charge is -2.25. The molecule has 2 aliphatic rings. The summed E-state index contributed by atoms with van der Waals surface area (Å²) in [6, 6.07) is 11.2. The molecule has 0 amide bonds. The predicted molar refractivity (Wildman–Crippen MR) is 126 cm³/mol. The highest BCUT2D eigenvalue weighted by Gasteiger charge is 2.29. The molecule has 1 N–H and O–H groups in total. The van der Waals surface area contributed by atoms with Gasteiger partial charge in [-0.3, -0.25) is 9.67 Å². The minimum Gasteiger partial charge on any atom is -0.394 e. The van der Waals surface area contributed by atoms with Crippen LogP contribution in [-0.4, -0.2) is 45.5 Å². The zero-order valence-corrected chi connectivity index (χ0v) is 18.2. The van der Waals surface area contributed by atoms with Gasteiger partial charge in [-0.05, 0) is 60.4 Å². The van der Waals surface area contributed by atoms with E-state index in [0.29, 0.717) is 19.0 Å². The number of halogens is 1. The van der Waals surface area contributed by atoms with Crippen molar-refractivity contribution in [2.75, 3.05) is 19.8 Å². The number of benzene rings is 2. The van der Waals surface area contributed by atoms with Crippen molar-refractivity contribution in [2.24, 2.45) is 4.99 Å². The Balaban J connectivity index is 1.68. The lowest BCUT2D eigenvalue weighted by atomic mass is 9.90. The Hall–Kier alpha value is -3.29. The first-order valence-electron chi connectivity index (χ1n) is 11.4. The number of aliphatic hydroxyl groups excluding tert-OH is 1. The van der Waals surface area contributed by atoms with E-state index in [1.807, 2.05) is 30.7 Å². The van der Waals surface area contributed by atoms with Crippen molar-refractivity contribution in [3.63, 3.8) is 0 Å². The van der Waals surface area contributed by atoms with Crippen LogP contribution in [0.25, 0.3) is 27.7 Å². The van der Waals surface area contributed by atoms with Gasteiger partial charge in [0.05, 0.1) is 31.4 Å². The molecule has 2 aliphatic heterocycles. The first-order chi connectivity index (χ1) is 16.2. The molecule has 33 heavy (non-hydrogen) atoms. The van der Waals surface area contributed by atoms with Gasteiger partial charge in [0.2, 0.25) is 0 Å². The molecule has 2 aromatic heterocycles. The van der Waals surface area contributed by atoms with Crippen molar-refractivity contribution in [3.8, 4) is 16.8 Å². The van der Waals surface area contributed by atoms with E-state index >= 15 is 0 Å². The molecule has 6 rings (SSSR count). The molecule has 0 atom stereocenters. The van der Waals surface area contributed by atoms with Crippen LogP contribution in [0.1, 0.15) is 35.6 Å². The number of rotatable bonds is 5. The summed E-state index contributed by atoms with van der Waals surface area (Å²) in [5.41, 5.74) is 7.75. The summed E-state index contributed by atoms with van der Waals surface area (Å²) < 4.78 is 23.6. The maximum Gasteiger partial charge on any atom is 0.123 e. The Morgan fingerprint density at radius 1 is 1.12 bits per heavy atom. The van der Waals surface area contributed by atoms with E-state index in [2.05, 4.69) is 26.8 Å². The summed E-state index contributed by atoms with van der Waals surface area (Å²) >= 11 is 0. The first kappa shape index (κ1) is 20.3. The highest BCUT2D eigenvalue weighted by molar-refractivity contribution is 6.03. The standard InChI is InChI=1S/C26H25FN4O2/c27-21-1-3-22(4-2-21)31-24-12-19-14-28-13-18(19)11-23(24)25(20-15-29-30(16-20)7-8-32)26(31)17-5-9-33-10-6-17/h1-4,11-12,14-17,32H,5-10,13H2. The van der Waals surface area contributed by atoms with Gasteiger partial charge in [-0.15, -0.1) is 0 Å². The fourth-order valence-electron chi connectivity index (χ4n) is 5.16. The van der Waals surface area contributed by atoms with Gasteiger partial charge in [-0.25, -0.2) is 4.39 Å².